The Labute approximate surface area is 138 Å². The highest BCUT2D eigenvalue weighted by molar-refractivity contribution is 5.85. The molecule has 0 unspecified atom stereocenters. The van der Waals surface area contributed by atoms with Gasteiger partial charge in [0.15, 0.2) is 5.65 Å². The molecular formula is C18H15N5O. The predicted molar refractivity (Wildman–Crippen MR) is 92.3 cm³/mol. The number of hydrogen-bond acceptors (Lipinski definition) is 5. The molecule has 0 spiro atoms. The Kier molecular flexibility index (Phi) is 3.35. The minimum atomic E-state index is 0.423. The monoisotopic (exact) mass is 317 g/mol. The van der Waals surface area contributed by atoms with Crippen LogP contribution in [0.1, 0.15) is 5.56 Å². The van der Waals surface area contributed by atoms with E-state index in [1.807, 2.05) is 55.5 Å². The van der Waals surface area contributed by atoms with E-state index in [0.717, 1.165) is 28.1 Å². The molecule has 0 bridgehead atoms. The molecule has 0 saturated heterocycles. The first-order valence-electron chi connectivity index (χ1n) is 7.50. The highest BCUT2D eigenvalue weighted by atomic mass is 16.5. The summed E-state index contributed by atoms with van der Waals surface area (Å²) in [6.07, 6.45) is 3.12. The van der Waals surface area contributed by atoms with Gasteiger partial charge in [-0.3, -0.25) is 0 Å². The van der Waals surface area contributed by atoms with E-state index >= 15 is 0 Å². The lowest BCUT2D eigenvalue weighted by Crippen LogP contribution is -2.00. The molecule has 0 radical (unpaired) electrons. The van der Waals surface area contributed by atoms with Crippen LogP contribution >= 0.6 is 0 Å². The Hall–Kier alpha value is -3.41. The fraction of sp³-hybridized carbons (Fsp3) is 0.0556. The van der Waals surface area contributed by atoms with E-state index in [9.17, 15) is 0 Å². The summed E-state index contributed by atoms with van der Waals surface area (Å²) in [5.41, 5.74) is 8.43. The van der Waals surface area contributed by atoms with Crippen LogP contribution in [-0.4, -0.2) is 19.7 Å². The molecule has 6 heteroatoms. The van der Waals surface area contributed by atoms with E-state index in [1.165, 1.54) is 6.33 Å². The molecule has 0 aliphatic heterocycles. The summed E-state index contributed by atoms with van der Waals surface area (Å²) in [6.45, 7) is 2.00. The number of nitrogens with two attached hydrogens (primary N) is 1. The number of ether oxygens (including phenoxy) is 1. The zero-order valence-electron chi connectivity index (χ0n) is 13.0. The maximum Gasteiger partial charge on any atom is 0.168 e. The van der Waals surface area contributed by atoms with E-state index in [0.29, 0.717) is 11.5 Å². The van der Waals surface area contributed by atoms with Gasteiger partial charge in [0.2, 0.25) is 0 Å². The maximum absolute atomic E-state index is 5.91. The number of anilines is 1. The Morgan fingerprint density at radius 3 is 2.67 bits per heavy atom. The van der Waals surface area contributed by atoms with Gasteiger partial charge in [-0.25, -0.2) is 14.6 Å². The van der Waals surface area contributed by atoms with Gasteiger partial charge >= 0.3 is 0 Å². The third-order valence-electron chi connectivity index (χ3n) is 3.77. The maximum atomic E-state index is 5.91. The Bertz CT molecular complexity index is 1010. The summed E-state index contributed by atoms with van der Waals surface area (Å²) < 4.78 is 7.66. The molecule has 118 valence electrons. The molecular weight excluding hydrogens is 302 g/mol. The molecule has 2 N–H and O–H groups in total. The van der Waals surface area contributed by atoms with Crippen molar-refractivity contribution in [1.82, 2.24) is 19.7 Å². The van der Waals surface area contributed by atoms with Gasteiger partial charge in [-0.1, -0.05) is 18.2 Å². The van der Waals surface area contributed by atoms with Crippen molar-refractivity contribution in [2.75, 3.05) is 5.73 Å². The predicted octanol–water partition coefficient (Wildman–Crippen LogP) is 3.50. The van der Waals surface area contributed by atoms with Gasteiger partial charge in [0.05, 0.1) is 17.3 Å². The first kappa shape index (κ1) is 14.2. The fourth-order valence-electron chi connectivity index (χ4n) is 2.55. The van der Waals surface area contributed by atoms with Gasteiger partial charge in [0.1, 0.15) is 23.6 Å². The number of nitrogens with zero attached hydrogens (tertiary/aromatic N) is 4. The molecule has 0 fully saturated rings. The van der Waals surface area contributed by atoms with Crippen LogP contribution in [-0.2, 0) is 0 Å². The number of nitrogen functional groups attached to an aromatic ring is 1. The van der Waals surface area contributed by atoms with Gasteiger partial charge in [-0.2, -0.15) is 5.10 Å². The van der Waals surface area contributed by atoms with E-state index in [4.69, 9.17) is 10.5 Å². The van der Waals surface area contributed by atoms with Crippen molar-refractivity contribution in [1.29, 1.82) is 0 Å². The summed E-state index contributed by atoms with van der Waals surface area (Å²) in [4.78, 5) is 8.26. The summed E-state index contributed by atoms with van der Waals surface area (Å²) in [7, 11) is 0. The van der Waals surface area contributed by atoms with Crippen molar-refractivity contribution in [2.45, 2.75) is 6.92 Å². The van der Waals surface area contributed by atoms with Crippen molar-refractivity contribution in [3.63, 3.8) is 0 Å². The quantitative estimate of drug-likeness (QED) is 0.625. The second-order valence-electron chi connectivity index (χ2n) is 5.42. The van der Waals surface area contributed by atoms with Crippen LogP contribution in [0.5, 0.6) is 11.5 Å². The second-order valence-corrected chi connectivity index (χ2v) is 5.42. The van der Waals surface area contributed by atoms with Crippen LogP contribution in [0.3, 0.4) is 0 Å². The lowest BCUT2D eigenvalue weighted by atomic mass is 10.2. The second kappa shape index (κ2) is 5.66. The minimum Gasteiger partial charge on any atom is -0.457 e. The van der Waals surface area contributed by atoms with Crippen LogP contribution < -0.4 is 10.5 Å². The zero-order chi connectivity index (χ0) is 16.5. The van der Waals surface area contributed by atoms with Crippen molar-refractivity contribution in [3.8, 4) is 17.2 Å². The van der Waals surface area contributed by atoms with Gasteiger partial charge in [0.25, 0.3) is 0 Å². The molecule has 4 rings (SSSR count). The smallest absolute Gasteiger partial charge is 0.168 e. The number of para-hydroxylation sites is 1. The van der Waals surface area contributed by atoms with Crippen LogP contribution in [0.2, 0.25) is 0 Å². The Morgan fingerprint density at radius 2 is 1.88 bits per heavy atom. The molecule has 0 aliphatic rings. The highest BCUT2D eigenvalue weighted by Gasteiger charge is 2.11. The van der Waals surface area contributed by atoms with E-state index in [1.54, 1.807) is 10.9 Å². The van der Waals surface area contributed by atoms with E-state index < -0.39 is 0 Å². The molecule has 0 aliphatic carbocycles. The van der Waals surface area contributed by atoms with E-state index in [-0.39, 0.29) is 0 Å². The number of aromatic nitrogens is 4. The SMILES string of the molecule is Cc1cc(-n2ncc3c(N)ncnc32)ccc1Oc1ccccc1. The normalized spacial score (nSPS) is 10.9. The van der Waals surface area contributed by atoms with Crippen molar-refractivity contribution < 1.29 is 4.74 Å². The zero-order valence-corrected chi connectivity index (χ0v) is 13.0. The molecule has 24 heavy (non-hydrogen) atoms. The molecule has 6 nitrogen and oxygen atoms in total. The average Bonchev–Trinajstić information content (AvgIpc) is 3.03. The van der Waals surface area contributed by atoms with Gasteiger partial charge in [-0.15, -0.1) is 0 Å². The van der Waals surface area contributed by atoms with Crippen LogP contribution in [0, 0.1) is 6.92 Å². The van der Waals surface area contributed by atoms with Gasteiger partial charge in [0, 0.05) is 0 Å². The molecule has 0 atom stereocenters. The lowest BCUT2D eigenvalue weighted by molar-refractivity contribution is 0.479. The lowest BCUT2D eigenvalue weighted by Gasteiger charge is -2.10. The minimum absolute atomic E-state index is 0.423. The van der Waals surface area contributed by atoms with Gasteiger partial charge < -0.3 is 10.5 Å². The third-order valence-corrected chi connectivity index (χ3v) is 3.77. The first-order chi connectivity index (χ1) is 11.7. The summed E-state index contributed by atoms with van der Waals surface area (Å²) in [6, 6.07) is 15.6. The average molecular weight is 317 g/mol. The first-order valence-corrected chi connectivity index (χ1v) is 7.50. The largest absolute Gasteiger partial charge is 0.457 e. The number of fused-ring (bicyclic) bond motifs is 1. The fourth-order valence-corrected chi connectivity index (χ4v) is 2.55. The van der Waals surface area contributed by atoms with Crippen molar-refractivity contribution in [2.24, 2.45) is 0 Å². The Balaban J connectivity index is 1.72. The van der Waals surface area contributed by atoms with Crippen LogP contribution in [0.25, 0.3) is 16.7 Å². The molecule has 2 heterocycles. The number of aryl methyl sites for hydroxylation is 1. The van der Waals surface area contributed by atoms with Crippen molar-refractivity contribution >= 4 is 16.9 Å². The topological polar surface area (TPSA) is 78.9 Å². The number of hydrogen-bond donors (Lipinski definition) is 1. The summed E-state index contributed by atoms with van der Waals surface area (Å²) in [5.74, 6) is 2.03. The van der Waals surface area contributed by atoms with Crippen LogP contribution in [0.15, 0.2) is 61.1 Å². The molecule has 2 aromatic carbocycles. The van der Waals surface area contributed by atoms with Crippen LogP contribution in [0.4, 0.5) is 5.82 Å². The van der Waals surface area contributed by atoms with E-state index in [2.05, 4.69) is 15.1 Å². The van der Waals surface area contributed by atoms with Gasteiger partial charge in [-0.05, 0) is 42.8 Å². The highest BCUT2D eigenvalue weighted by Crippen LogP contribution is 2.28. The number of benzene rings is 2. The third kappa shape index (κ3) is 2.44. The molecule has 4 aromatic rings. The molecule has 2 aromatic heterocycles. The summed E-state index contributed by atoms with van der Waals surface area (Å²) >= 11 is 0. The summed E-state index contributed by atoms with van der Waals surface area (Å²) in [5, 5.41) is 5.11. The molecule has 0 saturated carbocycles. The standard InChI is InChI=1S/C18H15N5O/c1-12-9-13(7-8-16(12)24-14-5-3-2-4-6-14)23-18-15(10-22-23)17(19)20-11-21-18/h2-11H,1H3,(H2,19,20,21). The number of rotatable bonds is 3. The molecule has 0 amide bonds. The Morgan fingerprint density at radius 1 is 1.04 bits per heavy atom. The van der Waals surface area contributed by atoms with Crippen molar-refractivity contribution in [3.05, 3.63) is 66.6 Å².